The molecule has 0 atom stereocenters. The van der Waals surface area contributed by atoms with E-state index in [0.717, 1.165) is 49.0 Å². The standard InChI is InChI=1S/C27H32N4O4S2/c1-4-16-31-24(18-12-10-11-14-20(18)34-5-2)29-30-27(31)36-17-22(32)28-25-23(26(33)35-6-3)19-13-8-7-9-15-21(19)37-25/h4,10-12,14H,1,5-9,13,15-17H2,2-3H3,(H,28,32). The van der Waals surface area contributed by atoms with Crippen LogP contribution in [0.5, 0.6) is 5.75 Å². The van der Waals surface area contributed by atoms with Crippen molar-refractivity contribution in [1.29, 1.82) is 0 Å². The molecule has 1 aliphatic rings. The Balaban J connectivity index is 1.52. The minimum absolute atomic E-state index is 0.118. The van der Waals surface area contributed by atoms with Gasteiger partial charge in [-0.2, -0.15) is 0 Å². The third kappa shape index (κ3) is 6.24. The van der Waals surface area contributed by atoms with E-state index in [1.54, 1.807) is 13.0 Å². The third-order valence-corrected chi connectivity index (χ3v) is 8.12. The number of nitrogens with one attached hydrogen (secondary N) is 1. The minimum atomic E-state index is -0.367. The molecule has 0 unspecified atom stereocenters. The maximum atomic E-state index is 13.0. The first-order valence-corrected chi connectivity index (χ1v) is 14.4. The van der Waals surface area contributed by atoms with Crippen LogP contribution in [-0.4, -0.2) is 45.6 Å². The number of benzene rings is 1. The number of anilines is 1. The van der Waals surface area contributed by atoms with Crippen molar-refractivity contribution < 1.29 is 19.1 Å². The molecule has 10 heteroatoms. The molecular formula is C27H32N4O4S2. The summed E-state index contributed by atoms with van der Waals surface area (Å²) in [6.07, 6.45) is 6.80. The van der Waals surface area contributed by atoms with Crippen LogP contribution in [0.1, 0.15) is 53.9 Å². The van der Waals surface area contributed by atoms with E-state index in [0.29, 0.717) is 41.3 Å². The lowest BCUT2D eigenvalue weighted by molar-refractivity contribution is -0.113. The SMILES string of the molecule is C=CCn1c(SCC(=O)Nc2sc3c(c2C(=O)OCC)CCCCC3)nnc1-c1ccccc1OCC. The fourth-order valence-corrected chi connectivity index (χ4v) is 6.41. The number of amides is 1. The Morgan fingerprint density at radius 1 is 1.16 bits per heavy atom. The van der Waals surface area contributed by atoms with E-state index < -0.39 is 0 Å². The predicted octanol–water partition coefficient (Wildman–Crippen LogP) is 5.77. The zero-order chi connectivity index (χ0) is 26.2. The first-order chi connectivity index (χ1) is 18.1. The van der Waals surface area contributed by atoms with Gasteiger partial charge in [0.25, 0.3) is 0 Å². The van der Waals surface area contributed by atoms with E-state index in [4.69, 9.17) is 9.47 Å². The molecule has 2 heterocycles. The normalized spacial score (nSPS) is 12.9. The molecule has 0 bridgehead atoms. The Labute approximate surface area is 225 Å². The fourth-order valence-electron chi connectivity index (χ4n) is 4.36. The number of thiophene rings is 1. The summed E-state index contributed by atoms with van der Waals surface area (Å²) in [4.78, 5) is 27.0. The van der Waals surface area contributed by atoms with Gasteiger partial charge in [0.2, 0.25) is 5.91 Å². The molecule has 1 aliphatic carbocycles. The first kappa shape index (κ1) is 26.9. The molecule has 1 amide bonds. The molecule has 0 spiro atoms. The van der Waals surface area contributed by atoms with Gasteiger partial charge in [0.15, 0.2) is 11.0 Å². The lowest BCUT2D eigenvalue weighted by Gasteiger charge is -2.12. The van der Waals surface area contributed by atoms with Crippen LogP contribution in [0, 0.1) is 0 Å². The summed E-state index contributed by atoms with van der Waals surface area (Å²) >= 11 is 2.78. The minimum Gasteiger partial charge on any atom is -0.493 e. The molecule has 0 radical (unpaired) electrons. The topological polar surface area (TPSA) is 95.3 Å². The van der Waals surface area contributed by atoms with E-state index >= 15 is 0 Å². The number of allylic oxidation sites excluding steroid dienone is 1. The van der Waals surface area contributed by atoms with Crippen molar-refractivity contribution in [2.75, 3.05) is 24.3 Å². The van der Waals surface area contributed by atoms with E-state index in [9.17, 15) is 9.59 Å². The Hall–Kier alpha value is -3.11. The van der Waals surface area contributed by atoms with Crippen molar-refractivity contribution in [3.63, 3.8) is 0 Å². The van der Waals surface area contributed by atoms with Crippen LogP contribution >= 0.6 is 23.1 Å². The maximum Gasteiger partial charge on any atom is 0.341 e. The highest BCUT2D eigenvalue weighted by Crippen LogP contribution is 2.38. The van der Waals surface area contributed by atoms with Gasteiger partial charge in [-0.15, -0.1) is 28.1 Å². The van der Waals surface area contributed by atoms with Crippen molar-refractivity contribution in [1.82, 2.24) is 14.8 Å². The number of thioether (sulfide) groups is 1. The number of para-hydroxylation sites is 1. The Kier molecular flexibility index (Phi) is 9.40. The van der Waals surface area contributed by atoms with Gasteiger partial charge in [0.05, 0.1) is 30.1 Å². The molecule has 196 valence electrons. The molecule has 4 rings (SSSR count). The van der Waals surface area contributed by atoms with E-state index in [2.05, 4.69) is 22.1 Å². The van der Waals surface area contributed by atoms with Gasteiger partial charge < -0.3 is 14.8 Å². The van der Waals surface area contributed by atoms with Gasteiger partial charge in [-0.05, 0) is 57.2 Å². The first-order valence-electron chi connectivity index (χ1n) is 12.6. The molecule has 1 aromatic carbocycles. The predicted molar refractivity (Wildman–Crippen MR) is 148 cm³/mol. The van der Waals surface area contributed by atoms with Crippen LogP contribution < -0.4 is 10.1 Å². The molecule has 37 heavy (non-hydrogen) atoms. The molecule has 1 N–H and O–H groups in total. The second kappa shape index (κ2) is 12.9. The second-order valence-electron chi connectivity index (χ2n) is 8.46. The fraction of sp³-hybridized carbons (Fsp3) is 0.407. The number of nitrogens with zero attached hydrogens (tertiary/aromatic N) is 3. The summed E-state index contributed by atoms with van der Waals surface area (Å²) in [7, 11) is 0. The summed E-state index contributed by atoms with van der Waals surface area (Å²) < 4.78 is 13.0. The number of rotatable bonds is 11. The smallest absolute Gasteiger partial charge is 0.341 e. The lowest BCUT2D eigenvalue weighted by Crippen LogP contribution is -2.17. The zero-order valence-corrected chi connectivity index (χ0v) is 22.9. The molecule has 8 nitrogen and oxygen atoms in total. The van der Waals surface area contributed by atoms with Crippen molar-refractivity contribution >= 4 is 40.0 Å². The van der Waals surface area contributed by atoms with Gasteiger partial charge in [-0.3, -0.25) is 9.36 Å². The van der Waals surface area contributed by atoms with E-state index in [1.807, 2.05) is 35.8 Å². The molecule has 0 fully saturated rings. The van der Waals surface area contributed by atoms with E-state index in [1.165, 1.54) is 28.0 Å². The Bertz CT molecular complexity index is 1270. The Morgan fingerprint density at radius 3 is 2.76 bits per heavy atom. The number of esters is 1. The van der Waals surface area contributed by atoms with Gasteiger partial charge in [-0.1, -0.05) is 36.4 Å². The van der Waals surface area contributed by atoms with Crippen LogP contribution in [0.25, 0.3) is 11.4 Å². The van der Waals surface area contributed by atoms with Gasteiger partial charge in [0.1, 0.15) is 10.8 Å². The molecule has 0 saturated heterocycles. The van der Waals surface area contributed by atoms with E-state index in [-0.39, 0.29) is 17.6 Å². The highest BCUT2D eigenvalue weighted by Gasteiger charge is 2.27. The van der Waals surface area contributed by atoms with Crippen molar-refractivity contribution in [2.24, 2.45) is 0 Å². The summed E-state index contributed by atoms with van der Waals surface area (Å²) in [5, 5.41) is 12.9. The monoisotopic (exact) mass is 540 g/mol. The van der Waals surface area contributed by atoms with Gasteiger partial charge in [0, 0.05) is 11.4 Å². The molecule has 0 saturated carbocycles. The Morgan fingerprint density at radius 2 is 1.97 bits per heavy atom. The summed E-state index contributed by atoms with van der Waals surface area (Å²) in [6.45, 7) is 8.90. The average molecular weight is 541 g/mol. The average Bonchev–Trinajstić information content (AvgIpc) is 3.35. The lowest BCUT2D eigenvalue weighted by atomic mass is 10.1. The number of hydrogen-bond donors (Lipinski definition) is 1. The van der Waals surface area contributed by atoms with Crippen LogP contribution in [0.3, 0.4) is 0 Å². The van der Waals surface area contributed by atoms with Gasteiger partial charge >= 0.3 is 5.97 Å². The number of aromatic nitrogens is 3. The summed E-state index contributed by atoms with van der Waals surface area (Å²) in [5.41, 5.74) is 2.38. The third-order valence-electron chi connectivity index (χ3n) is 5.94. The van der Waals surface area contributed by atoms with Crippen molar-refractivity contribution in [2.45, 2.75) is 57.7 Å². The van der Waals surface area contributed by atoms with Crippen LogP contribution in [-0.2, 0) is 28.9 Å². The molecule has 2 aromatic heterocycles. The number of carbonyl (C=O) groups is 2. The van der Waals surface area contributed by atoms with Crippen LogP contribution in [0.15, 0.2) is 42.1 Å². The van der Waals surface area contributed by atoms with Gasteiger partial charge in [-0.25, -0.2) is 4.79 Å². The molecule has 0 aliphatic heterocycles. The number of fused-ring (bicyclic) bond motifs is 1. The highest BCUT2D eigenvalue weighted by molar-refractivity contribution is 7.99. The quantitative estimate of drug-likeness (QED) is 0.143. The summed E-state index contributed by atoms with van der Waals surface area (Å²) in [5.74, 6) is 0.914. The molecule has 3 aromatic rings. The number of aryl methyl sites for hydroxylation is 1. The highest BCUT2D eigenvalue weighted by atomic mass is 32.2. The summed E-state index contributed by atoms with van der Waals surface area (Å²) in [6, 6.07) is 7.68. The number of ether oxygens (including phenoxy) is 2. The number of hydrogen-bond acceptors (Lipinski definition) is 8. The largest absolute Gasteiger partial charge is 0.493 e. The van der Waals surface area contributed by atoms with Crippen molar-refractivity contribution in [3.8, 4) is 17.1 Å². The molecular weight excluding hydrogens is 508 g/mol. The zero-order valence-electron chi connectivity index (χ0n) is 21.2. The maximum absolute atomic E-state index is 13.0. The van der Waals surface area contributed by atoms with Crippen LogP contribution in [0.2, 0.25) is 0 Å². The van der Waals surface area contributed by atoms with Crippen molar-refractivity contribution in [3.05, 3.63) is 52.9 Å². The number of carbonyl (C=O) groups excluding carboxylic acids is 2. The second-order valence-corrected chi connectivity index (χ2v) is 10.5. The van der Waals surface area contributed by atoms with Crippen LogP contribution in [0.4, 0.5) is 5.00 Å².